The van der Waals surface area contributed by atoms with Crippen LogP contribution in [0.4, 0.5) is 0 Å². The highest BCUT2D eigenvalue weighted by atomic mass is 32.1. The third-order valence-electron chi connectivity index (χ3n) is 5.55. The summed E-state index contributed by atoms with van der Waals surface area (Å²) in [5, 5.41) is 4.55. The van der Waals surface area contributed by atoms with E-state index in [9.17, 15) is 9.59 Å². The Morgan fingerprint density at radius 2 is 1.94 bits per heavy atom. The van der Waals surface area contributed by atoms with Crippen molar-refractivity contribution in [1.82, 2.24) is 14.3 Å². The van der Waals surface area contributed by atoms with Crippen molar-refractivity contribution in [2.75, 3.05) is 7.11 Å². The number of carbonyl (C=O) groups is 1. The molecule has 0 N–H and O–H groups in total. The molecule has 1 atom stereocenters. The van der Waals surface area contributed by atoms with Crippen molar-refractivity contribution in [3.63, 3.8) is 0 Å². The normalized spacial score (nSPS) is 16.3. The molecule has 0 spiro atoms. The number of rotatable bonds is 4. The molecule has 31 heavy (non-hydrogen) atoms. The fraction of sp³-hybridized carbons (Fsp3) is 0.304. The van der Waals surface area contributed by atoms with E-state index in [4.69, 9.17) is 4.74 Å². The average Bonchev–Trinajstić information content (AvgIpc) is 3.23. The first-order valence-electron chi connectivity index (χ1n) is 10.1. The van der Waals surface area contributed by atoms with Crippen LogP contribution in [-0.4, -0.2) is 27.4 Å². The minimum atomic E-state index is -0.590. The van der Waals surface area contributed by atoms with Crippen LogP contribution < -0.4 is 14.9 Å². The highest BCUT2D eigenvalue weighted by molar-refractivity contribution is 7.07. The minimum absolute atomic E-state index is 0.186. The lowest BCUT2D eigenvalue weighted by Gasteiger charge is -2.24. The Morgan fingerprint density at radius 1 is 1.23 bits per heavy atom. The topological polar surface area (TPSA) is 78.5 Å². The van der Waals surface area contributed by atoms with Crippen molar-refractivity contribution >= 4 is 23.4 Å². The molecule has 1 aromatic carbocycles. The SMILES string of the molecule is CCn1nc(C)c(C=c2sc3n(c2=O)C(c2ccccc2)C(C(=O)OC)=C(C)N=3)c1C. The van der Waals surface area contributed by atoms with E-state index in [1.54, 1.807) is 11.5 Å². The lowest BCUT2D eigenvalue weighted by molar-refractivity contribution is -0.136. The largest absolute Gasteiger partial charge is 0.466 e. The van der Waals surface area contributed by atoms with Gasteiger partial charge in [0.05, 0.1) is 34.6 Å². The molecule has 0 bridgehead atoms. The van der Waals surface area contributed by atoms with E-state index in [1.807, 2.05) is 61.9 Å². The van der Waals surface area contributed by atoms with Crippen LogP contribution in [-0.2, 0) is 16.1 Å². The van der Waals surface area contributed by atoms with Gasteiger partial charge in [-0.3, -0.25) is 14.0 Å². The third kappa shape index (κ3) is 3.46. The quantitative estimate of drug-likeness (QED) is 0.588. The van der Waals surface area contributed by atoms with E-state index in [1.165, 1.54) is 18.4 Å². The van der Waals surface area contributed by atoms with Gasteiger partial charge in [-0.05, 0) is 39.3 Å². The molecule has 1 aliphatic heterocycles. The zero-order chi connectivity index (χ0) is 22.3. The Morgan fingerprint density at radius 3 is 2.55 bits per heavy atom. The maximum atomic E-state index is 13.5. The Hall–Kier alpha value is -3.26. The van der Waals surface area contributed by atoms with Crippen LogP contribution in [0.3, 0.4) is 0 Å². The number of nitrogens with zero attached hydrogens (tertiary/aromatic N) is 4. The van der Waals surface area contributed by atoms with Crippen LogP contribution in [0.2, 0.25) is 0 Å². The predicted octanol–water partition coefficient (Wildman–Crippen LogP) is 2.24. The maximum Gasteiger partial charge on any atom is 0.338 e. The molecule has 160 valence electrons. The van der Waals surface area contributed by atoms with Gasteiger partial charge in [0.1, 0.15) is 0 Å². The second-order valence-corrected chi connectivity index (χ2v) is 8.39. The van der Waals surface area contributed by atoms with Gasteiger partial charge in [0.2, 0.25) is 0 Å². The van der Waals surface area contributed by atoms with E-state index in [0.717, 1.165) is 29.1 Å². The first-order chi connectivity index (χ1) is 14.9. The van der Waals surface area contributed by atoms with E-state index in [0.29, 0.717) is 20.6 Å². The number of aromatic nitrogens is 3. The van der Waals surface area contributed by atoms with Crippen LogP contribution in [0, 0.1) is 13.8 Å². The van der Waals surface area contributed by atoms with Crippen molar-refractivity contribution in [1.29, 1.82) is 0 Å². The summed E-state index contributed by atoms with van der Waals surface area (Å²) in [4.78, 5) is 31.3. The average molecular weight is 437 g/mol. The monoisotopic (exact) mass is 436 g/mol. The summed E-state index contributed by atoms with van der Waals surface area (Å²) in [5.41, 5.74) is 4.39. The van der Waals surface area contributed by atoms with Gasteiger partial charge in [-0.2, -0.15) is 5.10 Å². The van der Waals surface area contributed by atoms with Crippen molar-refractivity contribution < 1.29 is 9.53 Å². The summed E-state index contributed by atoms with van der Waals surface area (Å²) in [6, 6.07) is 8.90. The molecule has 0 amide bonds. The first kappa shape index (κ1) is 21.0. The van der Waals surface area contributed by atoms with Gasteiger partial charge < -0.3 is 4.74 Å². The number of allylic oxidation sites excluding steroid dienone is 1. The number of esters is 1. The Bertz CT molecular complexity index is 1380. The fourth-order valence-corrected chi connectivity index (χ4v) is 5.03. The smallest absolute Gasteiger partial charge is 0.338 e. The van der Waals surface area contributed by atoms with Crippen LogP contribution in [0.15, 0.2) is 51.4 Å². The summed E-state index contributed by atoms with van der Waals surface area (Å²) < 4.78 is 9.10. The number of carbonyl (C=O) groups excluding carboxylic acids is 1. The summed E-state index contributed by atoms with van der Waals surface area (Å²) in [6.45, 7) is 8.51. The van der Waals surface area contributed by atoms with E-state index in [-0.39, 0.29) is 5.56 Å². The molecule has 2 aromatic heterocycles. The Labute approximate surface area is 183 Å². The van der Waals surface area contributed by atoms with Crippen molar-refractivity contribution in [2.45, 2.75) is 40.3 Å². The fourth-order valence-electron chi connectivity index (χ4n) is 4.00. The van der Waals surface area contributed by atoms with Crippen molar-refractivity contribution in [3.8, 4) is 0 Å². The van der Waals surface area contributed by atoms with Crippen molar-refractivity contribution in [2.24, 2.45) is 4.99 Å². The highest BCUT2D eigenvalue weighted by Crippen LogP contribution is 2.30. The van der Waals surface area contributed by atoms with Gasteiger partial charge >= 0.3 is 5.97 Å². The standard InChI is InChI=1S/C23H24N4O3S/c1-6-26-15(4)17(13(2)25-26)12-18-21(28)27-20(16-10-8-7-9-11-16)19(22(29)30-5)14(3)24-23(27)31-18/h7-12,20H,6H2,1-5H3. The second kappa shape index (κ2) is 8.11. The molecular weight excluding hydrogens is 412 g/mol. The van der Waals surface area contributed by atoms with Gasteiger partial charge in [-0.1, -0.05) is 41.7 Å². The maximum absolute atomic E-state index is 13.5. The zero-order valence-corrected chi connectivity index (χ0v) is 19.0. The van der Waals surface area contributed by atoms with Gasteiger partial charge in [0.25, 0.3) is 5.56 Å². The number of hydrogen-bond acceptors (Lipinski definition) is 6. The van der Waals surface area contributed by atoms with Gasteiger partial charge in [0, 0.05) is 17.8 Å². The summed E-state index contributed by atoms with van der Waals surface area (Å²) >= 11 is 1.32. The molecule has 0 saturated carbocycles. The minimum Gasteiger partial charge on any atom is -0.466 e. The number of ether oxygens (including phenoxy) is 1. The molecule has 1 unspecified atom stereocenters. The zero-order valence-electron chi connectivity index (χ0n) is 18.2. The van der Waals surface area contributed by atoms with Crippen LogP contribution in [0.1, 0.15) is 42.4 Å². The third-order valence-corrected chi connectivity index (χ3v) is 6.54. The molecule has 3 aromatic rings. The van der Waals surface area contributed by atoms with Crippen LogP contribution in [0.5, 0.6) is 0 Å². The number of methoxy groups -OCH3 is 1. The van der Waals surface area contributed by atoms with Crippen LogP contribution >= 0.6 is 11.3 Å². The number of fused-ring (bicyclic) bond motifs is 1. The summed E-state index contributed by atoms with van der Waals surface area (Å²) in [5.74, 6) is -0.486. The molecule has 0 radical (unpaired) electrons. The molecule has 7 nitrogen and oxygen atoms in total. The highest BCUT2D eigenvalue weighted by Gasteiger charge is 2.32. The second-order valence-electron chi connectivity index (χ2n) is 7.38. The lowest BCUT2D eigenvalue weighted by atomic mass is 9.96. The number of aryl methyl sites for hydroxylation is 2. The predicted molar refractivity (Wildman–Crippen MR) is 120 cm³/mol. The molecule has 0 saturated heterocycles. The van der Waals surface area contributed by atoms with E-state index >= 15 is 0 Å². The number of benzene rings is 1. The Balaban J connectivity index is 1.99. The molecular formula is C23H24N4O3S. The Kier molecular flexibility index (Phi) is 5.49. The van der Waals surface area contributed by atoms with E-state index < -0.39 is 12.0 Å². The number of hydrogen-bond donors (Lipinski definition) is 0. The molecule has 0 fully saturated rings. The molecule has 3 heterocycles. The molecule has 8 heteroatoms. The van der Waals surface area contributed by atoms with Crippen molar-refractivity contribution in [3.05, 3.63) is 83.8 Å². The van der Waals surface area contributed by atoms with Gasteiger partial charge in [0.15, 0.2) is 4.80 Å². The van der Waals surface area contributed by atoms with Gasteiger partial charge in [-0.15, -0.1) is 0 Å². The van der Waals surface area contributed by atoms with Crippen LogP contribution in [0.25, 0.3) is 6.08 Å². The summed E-state index contributed by atoms with van der Waals surface area (Å²) in [7, 11) is 1.34. The summed E-state index contributed by atoms with van der Waals surface area (Å²) in [6.07, 6.45) is 1.88. The molecule has 4 rings (SSSR count). The number of thiazole rings is 1. The van der Waals surface area contributed by atoms with E-state index in [2.05, 4.69) is 10.1 Å². The lowest BCUT2D eigenvalue weighted by Crippen LogP contribution is -2.39. The van der Waals surface area contributed by atoms with Gasteiger partial charge in [-0.25, -0.2) is 9.79 Å². The molecule has 1 aliphatic rings. The first-order valence-corrected chi connectivity index (χ1v) is 10.9. The molecule has 0 aliphatic carbocycles.